The standard InChI is InChI=1S/C11H18N2O2S/c1-3-4-5-6-10(15)13-11-12-9(7-16-11)8(2)14/h7-8,14H,3-6H2,1-2H3,(H,12,13,15). The molecule has 0 aliphatic heterocycles. The van der Waals surface area contributed by atoms with Crippen LogP contribution in [0.2, 0.25) is 0 Å². The predicted octanol–water partition coefficient (Wildman–Crippen LogP) is 2.72. The van der Waals surface area contributed by atoms with E-state index in [9.17, 15) is 9.90 Å². The first-order valence-electron chi connectivity index (χ1n) is 5.56. The zero-order chi connectivity index (χ0) is 12.0. The first kappa shape index (κ1) is 13.1. The SMILES string of the molecule is CCCCCC(=O)Nc1nc(C(C)O)cs1. The Hall–Kier alpha value is -0.940. The Morgan fingerprint density at radius 3 is 2.94 bits per heavy atom. The number of aliphatic hydroxyl groups excluding tert-OH is 1. The van der Waals surface area contributed by atoms with Crippen molar-refractivity contribution >= 4 is 22.4 Å². The van der Waals surface area contributed by atoms with Gasteiger partial charge in [0.1, 0.15) is 0 Å². The fraction of sp³-hybridized carbons (Fsp3) is 0.636. The molecule has 1 atom stereocenters. The topological polar surface area (TPSA) is 62.2 Å². The van der Waals surface area contributed by atoms with Gasteiger partial charge in [0.25, 0.3) is 0 Å². The average Bonchev–Trinajstić information content (AvgIpc) is 2.66. The Balaban J connectivity index is 2.37. The molecule has 0 spiro atoms. The van der Waals surface area contributed by atoms with Gasteiger partial charge in [0.2, 0.25) is 5.91 Å². The van der Waals surface area contributed by atoms with E-state index in [1.54, 1.807) is 12.3 Å². The largest absolute Gasteiger partial charge is 0.387 e. The molecule has 1 unspecified atom stereocenters. The van der Waals surface area contributed by atoms with E-state index in [4.69, 9.17) is 0 Å². The van der Waals surface area contributed by atoms with Crippen molar-refractivity contribution in [2.24, 2.45) is 0 Å². The lowest BCUT2D eigenvalue weighted by Crippen LogP contribution is -2.10. The van der Waals surface area contributed by atoms with E-state index in [2.05, 4.69) is 17.2 Å². The van der Waals surface area contributed by atoms with Gasteiger partial charge in [-0.25, -0.2) is 4.98 Å². The minimum Gasteiger partial charge on any atom is -0.387 e. The Morgan fingerprint density at radius 2 is 2.38 bits per heavy atom. The molecule has 2 N–H and O–H groups in total. The van der Waals surface area contributed by atoms with Crippen LogP contribution < -0.4 is 5.32 Å². The van der Waals surface area contributed by atoms with Crippen molar-refractivity contribution in [3.8, 4) is 0 Å². The molecule has 5 heteroatoms. The number of carbonyl (C=O) groups excluding carboxylic acids is 1. The van der Waals surface area contributed by atoms with Gasteiger partial charge in [0, 0.05) is 11.8 Å². The first-order chi connectivity index (χ1) is 7.63. The van der Waals surface area contributed by atoms with Crippen LogP contribution in [0.3, 0.4) is 0 Å². The molecular formula is C11H18N2O2S. The average molecular weight is 242 g/mol. The van der Waals surface area contributed by atoms with Gasteiger partial charge in [0.05, 0.1) is 11.8 Å². The number of hydrogen-bond acceptors (Lipinski definition) is 4. The van der Waals surface area contributed by atoms with Crippen molar-refractivity contribution in [2.45, 2.75) is 45.6 Å². The van der Waals surface area contributed by atoms with Crippen LogP contribution in [0.5, 0.6) is 0 Å². The summed E-state index contributed by atoms with van der Waals surface area (Å²) in [7, 11) is 0. The Bertz CT molecular complexity index is 336. The molecule has 1 heterocycles. The van der Waals surface area contributed by atoms with Crippen molar-refractivity contribution in [3.63, 3.8) is 0 Å². The monoisotopic (exact) mass is 242 g/mol. The van der Waals surface area contributed by atoms with Crippen LogP contribution in [-0.2, 0) is 4.79 Å². The van der Waals surface area contributed by atoms with E-state index < -0.39 is 6.10 Å². The van der Waals surface area contributed by atoms with E-state index in [-0.39, 0.29) is 5.91 Å². The molecule has 0 saturated heterocycles. The summed E-state index contributed by atoms with van der Waals surface area (Å²) in [4.78, 5) is 15.6. The third-order valence-corrected chi connectivity index (χ3v) is 2.98. The van der Waals surface area contributed by atoms with Crippen LogP contribution in [0.15, 0.2) is 5.38 Å². The van der Waals surface area contributed by atoms with Crippen LogP contribution in [0.4, 0.5) is 5.13 Å². The lowest BCUT2D eigenvalue weighted by Gasteiger charge is -2.01. The maximum atomic E-state index is 11.5. The van der Waals surface area contributed by atoms with E-state index >= 15 is 0 Å². The molecule has 0 aliphatic rings. The molecule has 0 radical (unpaired) electrons. The highest BCUT2D eigenvalue weighted by atomic mass is 32.1. The fourth-order valence-corrected chi connectivity index (χ4v) is 2.07. The number of aromatic nitrogens is 1. The minimum atomic E-state index is -0.581. The van der Waals surface area contributed by atoms with Gasteiger partial charge < -0.3 is 10.4 Å². The highest BCUT2D eigenvalue weighted by molar-refractivity contribution is 7.13. The van der Waals surface area contributed by atoms with Crippen molar-refractivity contribution in [1.29, 1.82) is 0 Å². The van der Waals surface area contributed by atoms with E-state index in [1.165, 1.54) is 11.3 Å². The molecular weight excluding hydrogens is 224 g/mol. The summed E-state index contributed by atoms with van der Waals surface area (Å²) >= 11 is 1.34. The van der Waals surface area contributed by atoms with E-state index in [0.29, 0.717) is 17.2 Å². The zero-order valence-corrected chi connectivity index (χ0v) is 10.5. The first-order valence-corrected chi connectivity index (χ1v) is 6.44. The smallest absolute Gasteiger partial charge is 0.226 e. The van der Waals surface area contributed by atoms with Crippen LogP contribution >= 0.6 is 11.3 Å². The number of amides is 1. The van der Waals surface area contributed by atoms with Crippen molar-refractivity contribution in [1.82, 2.24) is 4.98 Å². The summed E-state index contributed by atoms with van der Waals surface area (Å²) in [5.74, 6) is -0.0000529. The van der Waals surface area contributed by atoms with Crippen LogP contribution in [0, 0.1) is 0 Å². The van der Waals surface area contributed by atoms with Gasteiger partial charge in [-0.2, -0.15) is 0 Å². The summed E-state index contributed by atoms with van der Waals surface area (Å²) in [5, 5.41) is 14.3. The summed E-state index contributed by atoms with van der Waals surface area (Å²) in [6.07, 6.45) is 3.05. The second-order valence-electron chi connectivity index (χ2n) is 3.76. The molecule has 0 aromatic carbocycles. The van der Waals surface area contributed by atoms with Gasteiger partial charge in [-0.3, -0.25) is 4.79 Å². The van der Waals surface area contributed by atoms with Gasteiger partial charge in [-0.05, 0) is 13.3 Å². The molecule has 0 bridgehead atoms. The van der Waals surface area contributed by atoms with Crippen LogP contribution in [-0.4, -0.2) is 16.0 Å². The molecule has 90 valence electrons. The third kappa shape index (κ3) is 4.28. The number of carbonyl (C=O) groups is 1. The number of thiazole rings is 1. The third-order valence-electron chi connectivity index (χ3n) is 2.20. The maximum Gasteiger partial charge on any atom is 0.226 e. The second-order valence-corrected chi connectivity index (χ2v) is 4.62. The van der Waals surface area contributed by atoms with Gasteiger partial charge in [-0.1, -0.05) is 19.8 Å². The summed E-state index contributed by atoms with van der Waals surface area (Å²) < 4.78 is 0. The maximum absolute atomic E-state index is 11.5. The highest BCUT2D eigenvalue weighted by Gasteiger charge is 2.09. The molecule has 0 fully saturated rings. The van der Waals surface area contributed by atoms with Crippen LogP contribution in [0.25, 0.3) is 0 Å². The summed E-state index contributed by atoms with van der Waals surface area (Å²) in [6, 6.07) is 0. The van der Waals surface area contributed by atoms with Crippen molar-refractivity contribution in [3.05, 3.63) is 11.1 Å². The normalized spacial score (nSPS) is 12.4. The Kier molecular flexibility index (Phi) is 5.42. The van der Waals surface area contributed by atoms with E-state index in [1.807, 2.05) is 0 Å². The highest BCUT2D eigenvalue weighted by Crippen LogP contribution is 2.20. The Morgan fingerprint density at radius 1 is 1.62 bits per heavy atom. The molecule has 1 aromatic heterocycles. The molecule has 1 rings (SSSR count). The van der Waals surface area contributed by atoms with Crippen LogP contribution in [0.1, 0.15) is 51.3 Å². The molecule has 0 saturated carbocycles. The van der Waals surface area contributed by atoms with Gasteiger partial charge in [0.15, 0.2) is 5.13 Å². The molecule has 4 nitrogen and oxygen atoms in total. The number of nitrogens with one attached hydrogen (secondary N) is 1. The molecule has 1 amide bonds. The van der Waals surface area contributed by atoms with Gasteiger partial charge >= 0.3 is 0 Å². The van der Waals surface area contributed by atoms with E-state index in [0.717, 1.165) is 19.3 Å². The minimum absolute atomic E-state index is 0.0000529. The number of rotatable bonds is 6. The molecule has 0 aliphatic carbocycles. The summed E-state index contributed by atoms with van der Waals surface area (Å²) in [5.41, 5.74) is 0.605. The fourth-order valence-electron chi connectivity index (χ4n) is 1.25. The zero-order valence-electron chi connectivity index (χ0n) is 9.69. The number of anilines is 1. The lowest BCUT2D eigenvalue weighted by molar-refractivity contribution is -0.116. The molecule has 1 aromatic rings. The quantitative estimate of drug-likeness (QED) is 0.754. The number of nitrogens with zero attached hydrogens (tertiary/aromatic N) is 1. The Labute approximate surface area is 99.7 Å². The second kappa shape index (κ2) is 6.60. The lowest BCUT2D eigenvalue weighted by atomic mass is 10.2. The predicted molar refractivity (Wildman–Crippen MR) is 65.5 cm³/mol. The number of aliphatic hydroxyl groups is 1. The van der Waals surface area contributed by atoms with Crippen molar-refractivity contribution < 1.29 is 9.90 Å². The number of hydrogen-bond donors (Lipinski definition) is 2. The van der Waals surface area contributed by atoms with Crippen molar-refractivity contribution in [2.75, 3.05) is 5.32 Å². The number of unbranched alkanes of at least 4 members (excludes halogenated alkanes) is 2. The molecule has 16 heavy (non-hydrogen) atoms. The van der Waals surface area contributed by atoms with Gasteiger partial charge in [-0.15, -0.1) is 11.3 Å². The summed E-state index contributed by atoms with van der Waals surface area (Å²) in [6.45, 7) is 3.76.